The zero-order valence-corrected chi connectivity index (χ0v) is 20.2. The van der Waals surface area contributed by atoms with Gasteiger partial charge < -0.3 is 15.0 Å². The molecular formula is C23H32FN5O3S. The molecule has 2 aromatic rings. The number of hydrogen-bond acceptors (Lipinski definition) is 6. The summed E-state index contributed by atoms with van der Waals surface area (Å²) in [5, 5.41) is 8.09. The predicted molar refractivity (Wildman–Crippen MR) is 127 cm³/mol. The van der Waals surface area contributed by atoms with E-state index in [1.54, 1.807) is 19.2 Å². The van der Waals surface area contributed by atoms with Crippen molar-refractivity contribution in [2.75, 3.05) is 38.5 Å². The van der Waals surface area contributed by atoms with Gasteiger partial charge in [0.05, 0.1) is 11.7 Å². The maximum atomic E-state index is 13.1. The largest absolute Gasteiger partial charge is 0.442 e. The Morgan fingerprint density at radius 2 is 2.09 bits per heavy atom. The first-order chi connectivity index (χ1) is 15.8. The van der Waals surface area contributed by atoms with Crippen LogP contribution in [0, 0.1) is 12.7 Å². The molecule has 0 bridgehead atoms. The SMILES string of the molecule is CCCN(CCCc1ccc(F)cc1)C[C@@H]1OC(=O)N(C)C[C@H]1NC(=O)Nc1nc(C)cs1. The molecule has 180 valence electrons. The highest BCUT2D eigenvalue weighted by Gasteiger charge is 2.36. The fraction of sp³-hybridized carbons (Fsp3) is 0.522. The lowest BCUT2D eigenvalue weighted by atomic mass is 10.1. The Kier molecular flexibility index (Phi) is 9.02. The molecule has 3 rings (SSSR count). The van der Waals surface area contributed by atoms with Gasteiger partial charge >= 0.3 is 12.1 Å². The van der Waals surface area contributed by atoms with Crippen LogP contribution in [0.5, 0.6) is 0 Å². The number of amides is 3. The van der Waals surface area contributed by atoms with Gasteiger partial charge in [0, 0.05) is 25.5 Å². The third kappa shape index (κ3) is 7.68. The van der Waals surface area contributed by atoms with E-state index in [1.165, 1.54) is 28.4 Å². The molecule has 0 unspecified atom stereocenters. The number of likely N-dealkylation sites (N-methyl/N-ethyl adjacent to an activating group) is 1. The topological polar surface area (TPSA) is 86.8 Å². The van der Waals surface area contributed by atoms with E-state index >= 15 is 0 Å². The summed E-state index contributed by atoms with van der Waals surface area (Å²) in [4.78, 5) is 32.7. The Morgan fingerprint density at radius 1 is 1.33 bits per heavy atom. The molecule has 0 aliphatic carbocycles. The first kappa shape index (κ1) is 24.9. The minimum atomic E-state index is -0.463. The molecule has 1 aromatic carbocycles. The molecule has 2 heterocycles. The normalized spacial score (nSPS) is 18.3. The average molecular weight is 478 g/mol. The number of aromatic nitrogens is 1. The highest BCUT2D eigenvalue weighted by atomic mass is 32.1. The molecule has 1 aliphatic rings. The number of carbonyl (C=O) groups is 2. The number of nitrogens with one attached hydrogen (secondary N) is 2. The molecule has 0 radical (unpaired) electrons. The molecule has 1 aliphatic heterocycles. The van der Waals surface area contributed by atoms with Crippen molar-refractivity contribution in [3.63, 3.8) is 0 Å². The molecule has 33 heavy (non-hydrogen) atoms. The minimum Gasteiger partial charge on any atom is -0.442 e. The van der Waals surface area contributed by atoms with Crippen molar-refractivity contribution in [1.82, 2.24) is 20.1 Å². The van der Waals surface area contributed by atoms with Gasteiger partial charge in [-0.2, -0.15) is 0 Å². The Morgan fingerprint density at radius 3 is 2.76 bits per heavy atom. The number of rotatable bonds is 10. The van der Waals surface area contributed by atoms with Crippen molar-refractivity contribution in [3.05, 3.63) is 46.7 Å². The number of nitrogens with zero attached hydrogens (tertiary/aromatic N) is 3. The molecule has 0 spiro atoms. The van der Waals surface area contributed by atoms with Crippen LogP contribution in [0.2, 0.25) is 0 Å². The quantitative estimate of drug-likeness (QED) is 0.542. The lowest BCUT2D eigenvalue weighted by Crippen LogP contribution is -2.60. The second-order valence-electron chi connectivity index (χ2n) is 8.33. The molecule has 2 N–H and O–H groups in total. The summed E-state index contributed by atoms with van der Waals surface area (Å²) < 4.78 is 18.8. The summed E-state index contributed by atoms with van der Waals surface area (Å²) in [6.45, 7) is 6.52. The van der Waals surface area contributed by atoms with Crippen molar-refractivity contribution in [1.29, 1.82) is 0 Å². The van der Waals surface area contributed by atoms with Crippen LogP contribution in [-0.4, -0.2) is 72.3 Å². The number of benzene rings is 1. The predicted octanol–water partition coefficient (Wildman–Crippen LogP) is 3.88. The molecule has 0 saturated carbocycles. The molecule has 2 atom stereocenters. The highest BCUT2D eigenvalue weighted by molar-refractivity contribution is 7.13. The summed E-state index contributed by atoms with van der Waals surface area (Å²) in [6, 6.07) is 5.84. The number of aryl methyl sites for hydroxylation is 2. The summed E-state index contributed by atoms with van der Waals surface area (Å²) in [7, 11) is 1.65. The summed E-state index contributed by atoms with van der Waals surface area (Å²) >= 11 is 1.36. The fourth-order valence-corrected chi connectivity index (χ4v) is 4.51. The number of ether oxygens (including phenoxy) is 1. The van der Waals surface area contributed by atoms with Crippen LogP contribution < -0.4 is 10.6 Å². The van der Waals surface area contributed by atoms with Crippen LogP contribution in [0.1, 0.15) is 31.0 Å². The van der Waals surface area contributed by atoms with E-state index in [4.69, 9.17) is 4.74 Å². The lowest BCUT2D eigenvalue weighted by Gasteiger charge is -2.38. The highest BCUT2D eigenvalue weighted by Crippen LogP contribution is 2.17. The van der Waals surface area contributed by atoms with Crippen LogP contribution in [0.3, 0.4) is 0 Å². The lowest BCUT2D eigenvalue weighted by molar-refractivity contribution is -0.00311. The molecule has 1 aromatic heterocycles. The van der Waals surface area contributed by atoms with Crippen molar-refractivity contribution < 1.29 is 18.7 Å². The number of urea groups is 1. The smallest absolute Gasteiger partial charge is 0.409 e. The van der Waals surface area contributed by atoms with Crippen molar-refractivity contribution in [2.45, 2.75) is 45.3 Å². The van der Waals surface area contributed by atoms with Crippen LogP contribution in [0.25, 0.3) is 0 Å². The van der Waals surface area contributed by atoms with Gasteiger partial charge in [0.2, 0.25) is 0 Å². The van der Waals surface area contributed by atoms with E-state index in [9.17, 15) is 14.0 Å². The summed E-state index contributed by atoms with van der Waals surface area (Å²) in [5.41, 5.74) is 1.93. The van der Waals surface area contributed by atoms with Crippen molar-refractivity contribution in [2.24, 2.45) is 0 Å². The second kappa shape index (κ2) is 11.9. The molecule has 10 heteroatoms. The number of hydrogen-bond donors (Lipinski definition) is 2. The van der Waals surface area contributed by atoms with E-state index < -0.39 is 12.2 Å². The Hall–Kier alpha value is -2.72. The monoisotopic (exact) mass is 477 g/mol. The zero-order valence-electron chi connectivity index (χ0n) is 19.3. The average Bonchev–Trinajstić information content (AvgIpc) is 3.17. The van der Waals surface area contributed by atoms with E-state index in [1.807, 2.05) is 12.3 Å². The van der Waals surface area contributed by atoms with Crippen LogP contribution >= 0.6 is 11.3 Å². The van der Waals surface area contributed by atoms with Gasteiger partial charge in [0.25, 0.3) is 0 Å². The minimum absolute atomic E-state index is 0.233. The van der Waals surface area contributed by atoms with Gasteiger partial charge in [-0.25, -0.2) is 19.0 Å². The van der Waals surface area contributed by atoms with E-state index in [2.05, 4.69) is 27.4 Å². The van der Waals surface area contributed by atoms with Crippen molar-refractivity contribution in [3.8, 4) is 0 Å². The molecule has 8 nitrogen and oxygen atoms in total. The van der Waals surface area contributed by atoms with Gasteiger partial charge in [-0.3, -0.25) is 10.2 Å². The Labute approximate surface area is 198 Å². The van der Waals surface area contributed by atoms with Gasteiger partial charge in [0.1, 0.15) is 11.9 Å². The second-order valence-corrected chi connectivity index (χ2v) is 9.19. The maximum Gasteiger partial charge on any atom is 0.409 e. The van der Waals surface area contributed by atoms with Crippen LogP contribution in [0.4, 0.5) is 19.1 Å². The van der Waals surface area contributed by atoms with Gasteiger partial charge in [0.15, 0.2) is 5.13 Å². The number of thiazole rings is 1. The third-order valence-electron chi connectivity index (χ3n) is 5.47. The Bertz CT molecular complexity index is 923. The molecule has 3 amide bonds. The van der Waals surface area contributed by atoms with Gasteiger partial charge in [-0.15, -0.1) is 11.3 Å². The molecule has 1 fully saturated rings. The maximum absolute atomic E-state index is 13.1. The van der Waals surface area contributed by atoms with Crippen molar-refractivity contribution >= 4 is 28.6 Å². The van der Waals surface area contributed by atoms with Gasteiger partial charge in [-0.1, -0.05) is 19.1 Å². The number of cyclic esters (lactones) is 1. The van der Waals surface area contributed by atoms with Gasteiger partial charge in [-0.05, 0) is 57.0 Å². The molecule has 1 saturated heterocycles. The van der Waals surface area contributed by atoms with E-state index in [0.29, 0.717) is 18.2 Å². The third-order valence-corrected chi connectivity index (χ3v) is 6.35. The Balaban J connectivity index is 1.58. The van der Waals surface area contributed by atoms with Crippen LogP contribution in [-0.2, 0) is 11.2 Å². The van der Waals surface area contributed by atoms with E-state index in [-0.39, 0.29) is 17.9 Å². The first-order valence-corrected chi connectivity index (χ1v) is 12.1. The number of carbonyl (C=O) groups excluding carboxylic acids is 2. The number of anilines is 1. The number of halogens is 1. The summed E-state index contributed by atoms with van der Waals surface area (Å²) in [6.07, 6.45) is 1.84. The first-order valence-electron chi connectivity index (χ1n) is 11.2. The molecular weight excluding hydrogens is 445 g/mol. The van der Waals surface area contributed by atoms with E-state index in [0.717, 1.165) is 43.6 Å². The summed E-state index contributed by atoms with van der Waals surface area (Å²) in [5.74, 6) is -0.233. The standard InChI is InChI=1S/C23H32FN5O3S/c1-4-11-29(12-5-6-17-7-9-18(24)10-8-17)14-20-19(13-28(3)23(31)32-20)26-21(30)27-22-25-16(2)15-33-22/h7-10,15,19-20H,4-6,11-14H2,1-3H3,(H2,25,26,27,30)/t19-,20+/m1/s1. The fourth-order valence-electron chi connectivity index (χ4n) is 3.83. The van der Waals surface area contributed by atoms with Crippen LogP contribution in [0.15, 0.2) is 29.6 Å². The zero-order chi connectivity index (χ0) is 23.8.